The van der Waals surface area contributed by atoms with Gasteiger partial charge in [0.25, 0.3) is 5.91 Å². The molecular weight excluding hydrogens is 262 g/mol. The molecular formula is C14H14ClN3O. The lowest BCUT2D eigenvalue weighted by Gasteiger charge is -2.11. The number of pyridine rings is 1. The Morgan fingerprint density at radius 2 is 1.95 bits per heavy atom. The first kappa shape index (κ1) is 13.4. The molecule has 3 N–H and O–H groups in total. The molecule has 1 amide bonds. The number of nitrogens with one attached hydrogen (secondary N) is 1. The maximum atomic E-state index is 12.1. The fourth-order valence-corrected chi connectivity index (χ4v) is 1.94. The zero-order valence-corrected chi connectivity index (χ0v) is 11.5. The Balaban J connectivity index is 2.28. The van der Waals surface area contributed by atoms with Crippen molar-refractivity contribution >= 4 is 29.0 Å². The minimum Gasteiger partial charge on any atom is -0.382 e. The summed E-state index contributed by atoms with van der Waals surface area (Å²) < 4.78 is 0. The molecule has 2 aromatic rings. The van der Waals surface area contributed by atoms with Gasteiger partial charge in [0.2, 0.25) is 0 Å². The number of nitrogens with two attached hydrogens (primary N) is 1. The summed E-state index contributed by atoms with van der Waals surface area (Å²) >= 11 is 5.86. The van der Waals surface area contributed by atoms with Crippen LogP contribution in [0.3, 0.4) is 0 Å². The summed E-state index contributed by atoms with van der Waals surface area (Å²) in [5, 5.41) is 3.14. The number of aryl methyl sites for hydroxylation is 2. The second kappa shape index (κ2) is 5.28. The van der Waals surface area contributed by atoms with Crippen molar-refractivity contribution in [3.05, 3.63) is 52.2 Å². The number of anilines is 2. The maximum Gasteiger partial charge on any atom is 0.257 e. The third-order valence-corrected chi connectivity index (χ3v) is 3.15. The van der Waals surface area contributed by atoms with E-state index in [-0.39, 0.29) is 16.7 Å². The molecule has 0 unspecified atom stereocenters. The molecule has 0 aliphatic heterocycles. The second-order valence-corrected chi connectivity index (χ2v) is 4.72. The summed E-state index contributed by atoms with van der Waals surface area (Å²) in [4.78, 5) is 16.0. The fraction of sp³-hybridized carbons (Fsp3) is 0.143. The number of carbonyl (C=O) groups excluding carboxylic acids is 1. The molecule has 0 saturated heterocycles. The van der Waals surface area contributed by atoms with Gasteiger partial charge in [-0.1, -0.05) is 29.8 Å². The van der Waals surface area contributed by atoms with Gasteiger partial charge >= 0.3 is 0 Å². The lowest BCUT2D eigenvalue weighted by atomic mass is 10.1. The van der Waals surface area contributed by atoms with Crippen molar-refractivity contribution in [1.29, 1.82) is 0 Å². The summed E-state index contributed by atoms with van der Waals surface area (Å²) in [5.41, 5.74) is 8.70. The number of para-hydroxylation sites is 1. The highest BCUT2D eigenvalue weighted by Crippen LogP contribution is 2.21. The molecule has 4 nitrogen and oxygen atoms in total. The van der Waals surface area contributed by atoms with Crippen molar-refractivity contribution in [1.82, 2.24) is 4.98 Å². The molecule has 0 atom stereocenters. The largest absolute Gasteiger partial charge is 0.382 e. The predicted molar refractivity (Wildman–Crippen MR) is 77.5 cm³/mol. The number of carbonyl (C=O) groups is 1. The first-order valence-corrected chi connectivity index (χ1v) is 6.15. The molecule has 0 aliphatic carbocycles. The summed E-state index contributed by atoms with van der Waals surface area (Å²) in [7, 11) is 0. The number of amides is 1. The number of aromatic nitrogens is 1. The third-order valence-electron chi connectivity index (χ3n) is 2.85. The maximum absolute atomic E-state index is 12.1. The van der Waals surface area contributed by atoms with Crippen LogP contribution in [0.1, 0.15) is 21.5 Å². The monoisotopic (exact) mass is 275 g/mol. The van der Waals surface area contributed by atoms with E-state index in [1.54, 1.807) is 0 Å². The highest BCUT2D eigenvalue weighted by molar-refractivity contribution is 6.33. The predicted octanol–water partition coefficient (Wildman–Crippen LogP) is 3.19. The highest BCUT2D eigenvalue weighted by atomic mass is 35.5. The Hall–Kier alpha value is -2.07. The minimum absolute atomic E-state index is 0.213. The quantitative estimate of drug-likeness (QED) is 0.884. The van der Waals surface area contributed by atoms with Crippen LogP contribution in [0.5, 0.6) is 0 Å². The van der Waals surface area contributed by atoms with Gasteiger partial charge in [-0.15, -0.1) is 0 Å². The Labute approximate surface area is 116 Å². The van der Waals surface area contributed by atoms with E-state index in [0.29, 0.717) is 5.56 Å². The molecule has 19 heavy (non-hydrogen) atoms. The van der Waals surface area contributed by atoms with Crippen LogP contribution >= 0.6 is 11.6 Å². The van der Waals surface area contributed by atoms with E-state index in [4.69, 9.17) is 17.3 Å². The number of hydrogen-bond acceptors (Lipinski definition) is 3. The molecule has 2 rings (SSSR count). The van der Waals surface area contributed by atoms with E-state index in [0.717, 1.165) is 16.8 Å². The van der Waals surface area contributed by atoms with Gasteiger partial charge in [0, 0.05) is 11.9 Å². The van der Waals surface area contributed by atoms with Gasteiger partial charge in [0.05, 0.1) is 10.6 Å². The van der Waals surface area contributed by atoms with Crippen LogP contribution in [-0.2, 0) is 0 Å². The fourth-order valence-electron chi connectivity index (χ4n) is 1.77. The normalized spacial score (nSPS) is 10.3. The molecule has 0 saturated carbocycles. The number of nitrogens with zero attached hydrogens (tertiary/aromatic N) is 1. The summed E-state index contributed by atoms with van der Waals surface area (Å²) in [6, 6.07) is 7.34. The molecule has 0 radical (unpaired) electrons. The number of hydrogen-bond donors (Lipinski definition) is 2. The van der Waals surface area contributed by atoms with E-state index in [1.165, 1.54) is 12.3 Å². The van der Waals surface area contributed by atoms with Crippen LogP contribution in [0.2, 0.25) is 5.02 Å². The van der Waals surface area contributed by atoms with Crippen LogP contribution in [0.15, 0.2) is 30.5 Å². The van der Waals surface area contributed by atoms with Crippen LogP contribution in [-0.4, -0.2) is 10.9 Å². The summed E-state index contributed by atoms with van der Waals surface area (Å²) in [5.74, 6) is -0.0444. The van der Waals surface area contributed by atoms with Crippen molar-refractivity contribution in [3.63, 3.8) is 0 Å². The number of rotatable bonds is 2. The number of halogens is 1. The zero-order valence-electron chi connectivity index (χ0n) is 10.7. The Morgan fingerprint density at radius 1 is 1.32 bits per heavy atom. The molecule has 0 fully saturated rings. The van der Waals surface area contributed by atoms with Gasteiger partial charge in [0.1, 0.15) is 5.82 Å². The third kappa shape index (κ3) is 2.85. The Morgan fingerprint density at radius 3 is 2.53 bits per heavy atom. The van der Waals surface area contributed by atoms with Crippen LogP contribution < -0.4 is 11.1 Å². The van der Waals surface area contributed by atoms with E-state index in [9.17, 15) is 4.79 Å². The van der Waals surface area contributed by atoms with Gasteiger partial charge in [-0.2, -0.15) is 0 Å². The SMILES string of the molecule is Cc1cccc(C)c1NC(=O)c1cnc(N)c(Cl)c1. The lowest BCUT2D eigenvalue weighted by molar-refractivity contribution is 0.102. The average molecular weight is 276 g/mol. The van der Waals surface area contributed by atoms with Crippen molar-refractivity contribution < 1.29 is 4.79 Å². The van der Waals surface area contributed by atoms with Crippen molar-refractivity contribution in [2.45, 2.75) is 13.8 Å². The zero-order chi connectivity index (χ0) is 14.0. The number of nitrogen functional groups attached to an aromatic ring is 1. The average Bonchev–Trinajstić information content (AvgIpc) is 2.37. The Kier molecular flexibility index (Phi) is 3.71. The molecule has 98 valence electrons. The van der Waals surface area contributed by atoms with Gasteiger partial charge in [-0.05, 0) is 31.0 Å². The molecule has 0 bridgehead atoms. The highest BCUT2D eigenvalue weighted by Gasteiger charge is 2.11. The second-order valence-electron chi connectivity index (χ2n) is 4.31. The summed E-state index contributed by atoms with van der Waals surface area (Å²) in [6.45, 7) is 3.88. The van der Waals surface area contributed by atoms with Gasteiger partial charge < -0.3 is 11.1 Å². The van der Waals surface area contributed by atoms with Crippen molar-refractivity contribution in [3.8, 4) is 0 Å². The van der Waals surface area contributed by atoms with Crippen LogP contribution in [0.4, 0.5) is 11.5 Å². The molecule has 5 heteroatoms. The van der Waals surface area contributed by atoms with Gasteiger partial charge in [-0.3, -0.25) is 4.79 Å². The van der Waals surface area contributed by atoms with Gasteiger partial charge in [-0.25, -0.2) is 4.98 Å². The molecule has 0 spiro atoms. The van der Waals surface area contributed by atoms with E-state index in [1.807, 2.05) is 32.0 Å². The number of benzene rings is 1. The molecule has 0 aliphatic rings. The first-order valence-electron chi connectivity index (χ1n) is 5.77. The lowest BCUT2D eigenvalue weighted by Crippen LogP contribution is -2.14. The molecule has 1 aromatic carbocycles. The van der Waals surface area contributed by atoms with Gasteiger partial charge in [0.15, 0.2) is 0 Å². The first-order chi connectivity index (χ1) is 8.99. The van der Waals surface area contributed by atoms with Crippen molar-refractivity contribution in [2.24, 2.45) is 0 Å². The minimum atomic E-state index is -0.258. The molecule has 1 heterocycles. The van der Waals surface area contributed by atoms with Crippen LogP contribution in [0.25, 0.3) is 0 Å². The van der Waals surface area contributed by atoms with E-state index >= 15 is 0 Å². The summed E-state index contributed by atoms with van der Waals surface area (Å²) in [6.07, 6.45) is 1.41. The van der Waals surface area contributed by atoms with Crippen LogP contribution in [0, 0.1) is 13.8 Å². The standard InChI is InChI=1S/C14H14ClN3O/c1-8-4-3-5-9(2)12(8)18-14(19)10-6-11(15)13(16)17-7-10/h3-7H,1-2H3,(H2,16,17)(H,18,19). The Bertz CT molecular complexity index is 620. The van der Waals surface area contributed by atoms with Crippen molar-refractivity contribution in [2.75, 3.05) is 11.1 Å². The topological polar surface area (TPSA) is 68.0 Å². The van der Waals surface area contributed by atoms with E-state index < -0.39 is 0 Å². The van der Waals surface area contributed by atoms with E-state index in [2.05, 4.69) is 10.3 Å². The smallest absolute Gasteiger partial charge is 0.257 e. The molecule has 1 aromatic heterocycles.